The topological polar surface area (TPSA) is 95.1 Å². The lowest BCUT2D eigenvalue weighted by atomic mass is 9.99. The number of benzene rings is 1. The third kappa shape index (κ3) is 3.26. The lowest BCUT2D eigenvalue weighted by Crippen LogP contribution is -2.44. The molecule has 4 rings (SSSR count). The summed E-state index contributed by atoms with van der Waals surface area (Å²) in [4.78, 5) is 20.9. The molecule has 0 aliphatic carbocycles. The van der Waals surface area contributed by atoms with Gasteiger partial charge in [-0.25, -0.2) is 9.97 Å². The molecule has 1 aliphatic rings. The van der Waals surface area contributed by atoms with Gasteiger partial charge in [0.2, 0.25) is 0 Å². The molecular formula is C20H23N5O2. The molecule has 2 unspecified atom stereocenters. The van der Waals surface area contributed by atoms with Crippen LogP contribution in [0.2, 0.25) is 0 Å². The summed E-state index contributed by atoms with van der Waals surface area (Å²) in [5.41, 5.74) is 9.08. The molecule has 7 heteroatoms. The van der Waals surface area contributed by atoms with Crippen molar-refractivity contribution >= 4 is 22.8 Å². The van der Waals surface area contributed by atoms with Crippen LogP contribution in [0, 0.1) is 0 Å². The predicted molar refractivity (Wildman–Crippen MR) is 104 cm³/mol. The number of carbonyl (C=O) groups excluding carboxylic acids is 1. The minimum Gasteiger partial charge on any atom is -0.465 e. The fourth-order valence-corrected chi connectivity index (χ4v) is 3.80. The van der Waals surface area contributed by atoms with Gasteiger partial charge in [0.1, 0.15) is 23.8 Å². The maximum Gasteiger partial charge on any atom is 0.323 e. The number of nitrogens with zero attached hydrogens (tertiary/aromatic N) is 3. The van der Waals surface area contributed by atoms with Crippen LogP contribution >= 0.6 is 0 Å². The van der Waals surface area contributed by atoms with E-state index in [0.717, 1.165) is 35.1 Å². The molecule has 140 valence electrons. The number of anilines is 1. The van der Waals surface area contributed by atoms with Gasteiger partial charge < -0.3 is 20.4 Å². The lowest BCUT2D eigenvalue weighted by molar-refractivity contribution is -0.146. The number of nitrogens with one attached hydrogen (secondary N) is 1. The first-order valence-corrected chi connectivity index (χ1v) is 9.25. The Morgan fingerprint density at radius 2 is 2.15 bits per heavy atom. The molecule has 3 heterocycles. The molecule has 27 heavy (non-hydrogen) atoms. The first kappa shape index (κ1) is 17.5. The van der Waals surface area contributed by atoms with E-state index < -0.39 is 0 Å². The van der Waals surface area contributed by atoms with Gasteiger partial charge in [-0.2, -0.15) is 0 Å². The van der Waals surface area contributed by atoms with Gasteiger partial charge >= 0.3 is 5.97 Å². The van der Waals surface area contributed by atoms with Crippen molar-refractivity contribution in [1.82, 2.24) is 19.9 Å². The van der Waals surface area contributed by atoms with Gasteiger partial charge in [0, 0.05) is 17.8 Å². The van der Waals surface area contributed by atoms with Gasteiger partial charge in [-0.3, -0.25) is 4.79 Å². The lowest BCUT2D eigenvalue weighted by Gasteiger charge is -2.30. The Labute approximate surface area is 157 Å². The average molecular weight is 365 g/mol. The van der Waals surface area contributed by atoms with Crippen molar-refractivity contribution in [3.05, 3.63) is 42.9 Å². The van der Waals surface area contributed by atoms with E-state index in [-0.39, 0.29) is 18.1 Å². The number of ether oxygens (including phenoxy) is 1. The van der Waals surface area contributed by atoms with E-state index in [1.165, 1.54) is 6.33 Å². The fraction of sp³-hybridized carbons (Fsp3) is 0.350. The maximum atomic E-state index is 12.2. The Balaban J connectivity index is 1.76. The van der Waals surface area contributed by atoms with Crippen LogP contribution in [0.1, 0.15) is 25.8 Å². The summed E-state index contributed by atoms with van der Waals surface area (Å²) in [7, 11) is 0. The van der Waals surface area contributed by atoms with Crippen LogP contribution in [0.4, 0.5) is 5.82 Å². The smallest absolute Gasteiger partial charge is 0.323 e. The predicted octanol–water partition coefficient (Wildman–Crippen LogP) is 2.54. The first-order valence-electron chi connectivity index (χ1n) is 9.25. The highest BCUT2D eigenvalue weighted by molar-refractivity contribution is 6.00. The van der Waals surface area contributed by atoms with Crippen molar-refractivity contribution in [1.29, 1.82) is 0 Å². The zero-order valence-corrected chi connectivity index (χ0v) is 15.3. The van der Waals surface area contributed by atoms with Crippen molar-refractivity contribution in [3.63, 3.8) is 0 Å². The highest BCUT2D eigenvalue weighted by Gasteiger charge is 2.30. The third-order valence-corrected chi connectivity index (χ3v) is 5.06. The van der Waals surface area contributed by atoms with Gasteiger partial charge in [0.05, 0.1) is 12.0 Å². The maximum absolute atomic E-state index is 12.2. The van der Waals surface area contributed by atoms with Crippen LogP contribution < -0.4 is 11.1 Å². The van der Waals surface area contributed by atoms with Crippen LogP contribution in [-0.2, 0) is 9.53 Å². The van der Waals surface area contributed by atoms with E-state index in [1.54, 1.807) is 0 Å². The number of nitrogen functional groups attached to an aromatic ring is 1. The number of nitrogens with two attached hydrogens (primary N) is 1. The van der Waals surface area contributed by atoms with Crippen LogP contribution in [-0.4, -0.2) is 39.7 Å². The number of esters is 1. The van der Waals surface area contributed by atoms with Gasteiger partial charge in [0.25, 0.3) is 0 Å². The summed E-state index contributed by atoms with van der Waals surface area (Å²) in [6.45, 7) is 2.95. The van der Waals surface area contributed by atoms with Crippen molar-refractivity contribution in [2.24, 2.45) is 0 Å². The second-order valence-corrected chi connectivity index (χ2v) is 6.71. The van der Waals surface area contributed by atoms with Gasteiger partial charge in [-0.05, 0) is 31.9 Å². The van der Waals surface area contributed by atoms with Crippen molar-refractivity contribution in [3.8, 4) is 11.1 Å². The number of hydrogen-bond acceptors (Lipinski definition) is 6. The molecule has 3 N–H and O–H groups in total. The Morgan fingerprint density at radius 1 is 1.33 bits per heavy atom. The highest BCUT2D eigenvalue weighted by atomic mass is 16.5. The van der Waals surface area contributed by atoms with Gasteiger partial charge in [-0.1, -0.05) is 30.3 Å². The van der Waals surface area contributed by atoms with E-state index in [0.29, 0.717) is 18.8 Å². The van der Waals surface area contributed by atoms with Crippen molar-refractivity contribution < 1.29 is 9.53 Å². The summed E-state index contributed by atoms with van der Waals surface area (Å²) < 4.78 is 7.33. The highest BCUT2D eigenvalue weighted by Crippen LogP contribution is 2.36. The van der Waals surface area contributed by atoms with E-state index in [2.05, 4.69) is 38.2 Å². The SMILES string of the molecule is CCOC(=O)C1CC(n2cc(-c3ccccc3)c3c(N)ncnc32)CCN1. The standard InChI is InChI=1S/C20H23N5O2/c1-2-27-20(26)16-10-14(8-9-22-16)25-11-15(13-6-4-3-5-7-13)17-18(21)23-12-24-19(17)25/h3-7,11-12,14,16,22H,2,8-10H2,1H3,(H2,21,23,24). The molecule has 1 saturated heterocycles. The number of hydrogen-bond donors (Lipinski definition) is 2. The third-order valence-electron chi connectivity index (χ3n) is 5.06. The minimum absolute atomic E-state index is 0.134. The molecular weight excluding hydrogens is 342 g/mol. The van der Waals surface area contributed by atoms with Crippen LogP contribution in [0.25, 0.3) is 22.2 Å². The molecule has 1 aliphatic heterocycles. The second kappa shape index (κ2) is 7.36. The summed E-state index contributed by atoms with van der Waals surface area (Å²) in [6.07, 6.45) is 5.13. The van der Waals surface area contributed by atoms with Crippen LogP contribution in [0.15, 0.2) is 42.9 Å². The summed E-state index contributed by atoms with van der Waals surface area (Å²) in [6, 6.07) is 9.92. The molecule has 0 bridgehead atoms. The normalized spacial score (nSPS) is 19.9. The van der Waals surface area contributed by atoms with E-state index in [1.807, 2.05) is 25.1 Å². The number of aromatic nitrogens is 3. The quantitative estimate of drug-likeness (QED) is 0.690. The molecule has 0 spiro atoms. The Hall–Kier alpha value is -2.93. The van der Waals surface area contributed by atoms with E-state index in [9.17, 15) is 4.79 Å². The molecule has 0 saturated carbocycles. The van der Waals surface area contributed by atoms with Crippen molar-refractivity contribution in [2.75, 3.05) is 18.9 Å². The molecule has 3 aromatic rings. The largest absolute Gasteiger partial charge is 0.465 e. The van der Waals surface area contributed by atoms with Gasteiger partial charge in [-0.15, -0.1) is 0 Å². The zero-order chi connectivity index (χ0) is 18.8. The summed E-state index contributed by atoms with van der Waals surface area (Å²) >= 11 is 0. The Kier molecular flexibility index (Phi) is 4.77. The molecule has 2 atom stereocenters. The summed E-state index contributed by atoms with van der Waals surface area (Å²) in [5.74, 6) is 0.268. The number of rotatable bonds is 4. The monoisotopic (exact) mass is 365 g/mol. The summed E-state index contributed by atoms with van der Waals surface area (Å²) in [5, 5.41) is 4.11. The van der Waals surface area contributed by atoms with E-state index in [4.69, 9.17) is 10.5 Å². The molecule has 0 amide bonds. The molecule has 7 nitrogen and oxygen atoms in total. The average Bonchev–Trinajstić information content (AvgIpc) is 3.10. The minimum atomic E-state index is -0.305. The number of piperidine rings is 1. The Bertz CT molecular complexity index is 954. The van der Waals surface area contributed by atoms with Crippen LogP contribution in [0.5, 0.6) is 0 Å². The number of carbonyl (C=O) groups is 1. The van der Waals surface area contributed by atoms with E-state index >= 15 is 0 Å². The number of fused-ring (bicyclic) bond motifs is 1. The Morgan fingerprint density at radius 3 is 2.93 bits per heavy atom. The van der Waals surface area contributed by atoms with Crippen LogP contribution in [0.3, 0.4) is 0 Å². The zero-order valence-electron chi connectivity index (χ0n) is 15.3. The molecule has 1 fully saturated rings. The molecule has 2 aromatic heterocycles. The van der Waals surface area contributed by atoms with Crippen molar-refractivity contribution in [2.45, 2.75) is 31.8 Å². The first-order chi connectivity index (χ1) is 13.2. The van der Waals surface area contributed by atoms with Gasteiger partial charge in [0.15, 0.2) is 0 Å². The second-order valence-electron chi connectivity index (χ2n) is 6.71. The molecule has 0 radical (unpaired) electrons. The fourth-order valence-electron chi connectivity index (χ4n) is 3.80. The molecule has 1 aromatic carbocycles.